The van der Waals surface area contributed by atoms with E-state index in [9.17, 15) is 13.2 Å². The largest absolute Gasteiger partial charge is 0.369 e. The molecule has 1 aromatic heterocycles. The van der Waals surface area contributed by atoms with E-state index >= 15 is 0 Å². The zero-order chi connectivity index (χ0) is 11.6. The molecule has 0 spiro atoms. The molecule has 1 unspecified atom stereocenters. The summed E-state index contributed by atoms with van der Waals surface area (Å²) < 4.78 is 24.1. The van der Waals surface area contributed by atoms with Crippen molar-refractivity contribution in [2.24, 2.45) is 5.73 Å². The molecule has 0 bridgehead atoms. The van der Waals surface area contributed by atoms with Gasteiger partial charge in [-0.3, -0.25) is 4.79 Å². The third kappa shape index (κ3) is 3.02. The number of halogens is 1. The van der Waals surface area contributed by atoms with Gasteiger partial charge in [-0.15, -0.1) is 11.3 Å². The molecule has 0 aliphatic rings. The SMILES string of the molecule is CC(C(N)=O)S(=O)(=O)Cc1sccc1Br. The van der Waals surface area contributed by atoms with Crippen LogP contribution in [-0.2, 0) is 20.4 Å². The van der Waals surface area contributed by atoms with Gasteiger partial charge < -0.3 is 5.73 Å². The third-order valence-electron chi connectivity index (χ3n) is 1.96. The van der Waals surface area contributed by atoms with Crippen molar-refractivity contribution in [3.8, 4) is 0 Å². The Morgan fingerprint density at radius 3 is 2.67 bits per heavy atom. The maximum absolute atomic E-state index is 11.7. The summed E-state index contributed by atoms with van der Waals surface area (Å²) in [6, 6.07) is 1.77. The van der Waals surface area contributed by atoms with Gasteiger partial charge in [-0.1, -0.05) is 0 Å². The molecule has 0 radical (unpaired) electrons. The van der Waals surface area contributed by atoms with E-state index < -0.39 is 21.0 Å². The number of primary amides is 1. The molecule has 0 aromatic carbocycles. The van der Waals surface area contributed by atoms with E-state index in [-0.39, 0.29) is 5.75 Å². The van der Waals surface area contributed by atoms with Crippen molar-refractivity contribution in [1.82, 2.24) is 0 Å². The van der Waals surface area contributed by atoms with Gasteiger partial charge in [0, 0.05) is 9.35 Å². The Labute approximate surface area is 101 Å². The molecule has 7 heteroatoms. The summed E-state index contributed by atoms with van der Waals surface area (Å²) in [5.41, 5.74) is 4.96. The fourth-order valence-corrected chi connectivity index (χ4v) is 4.26. The second-order valence-corrected chi connectivity index (χ2v) is 7.22. The Kier molecular flexibility index (Phi) is 3.91. The highest BCUT2D eigenvalue weighted by atomic mass is 79.9. The first-order chi connectivity index (χ1) is 6.84. The van der Waals surface area contributed by atoms with E-state index in [1.165, 1.54) is 18.3 Å². The van der Waals surface area contributed by atoms with Crippen LogP contribution in [0, 0.1) is 0 Å². The molecule has 0 aliphatic heterocycles. The molecule has 4 nitrogen and oxygen atoms in total. The zero-order valence-corrected chi connectivity index (χ0v) is 11.2. The first-order valence-corrected chi connectivity index (χ1v) is 7.46. The molecule has 1 rings (SSSR count). The predicted octanol–water partition coefficient (Wildman–Crippen LogP) is 1.30. The zero-order valence-electron chi connectivity index (χ0n) is 7.94. The number of amides is 1. The van der Waals surface area contributed by atoms with Crippen molar-refractivity contribution in [2.45, 2.75) is 17.9 Å². The predicted molar refractivity (Wildman–Crippen MR) is 63.3 cm³/mol. The Morgan fingerprint density at radius 1 is 1.67 bits per heavy atom. The Morgan fingerprint density at radius 2 is 2.27 bits per heavy atom. The standard InChI is InChI=1S/C8H10BrNO3S2/c1-5(8(10)11)15(12,13)4-7-6(9)2-3-14-7/h2-3,5H,4H2,1H3,(H2,10,11). The van der Waals surface area contributed by atoms with Crippen molar-refractivity contribution in [2.75, 3.05) is 0 Å². The van der Waals surface area contributed by atoms with Crippen LogP contribution in [0.2, 0.25) is 0 Å². The highest BCUT2D eigenvalue weighted by Crippen LogP contribution is 2.25. The number of carbonyl (C=O) groups excluding carboxylic acids is 1. The maximum Gasteiger partial charge on any atom is 0.235 e. The minimum absolute atomic E-state index is 0.157. The van der Waals surface area contributed by atoms with Crippen LogP contribution < -0.4 is 5.73 Å². The van der Waals surface area contributed by atoms with Gasteiger partial charge in [-0.2, -0.15) is 0 Å². The van der Waals surface area contributed by atoms with Crippen LogP contribution in [0.15, 0.2) is 15.9 Å². The summed E-state index contributed by atoms with van der Waals surface area (Å²) in [5.74, 6) is -0.974. The fourth-order valence-electron chi connectivity index (χ4n) is 0.913. The summed E-state index contributed by atoms with van der Waals surface area (Å²) in [6.45, 7) is 1.30. The molecule has 0 aliphatic carbocycles. The minimum atomic E-state index is -3.50. The summed E-state index contributed by atoms with van der Waals surface area (Å²) in [5, 5.41) is 0.635. The van der Waals surface area contributed by atoms with Crippen LogP contribution in [0.3, 0.4) is 0 Å². The van der Waals surface area contributed by atoms with Crippen LogP contribution in [0.4, 0.5) is 0 Å². The Hall–Kier alpha value is -0.400. The van der Waals surface area contributed by atoms with Crippen LogP contribution in [0.1, 0.15) is 11.8 Å². The molecule has 0 saturated carbocycles. The smallest absolute Gasteiger partial charge is 0.235 e. The van der Waals surface area contributed by atoms with Crippen LogP contribution in [0.5, 0.6) is 0 Å². The molecular formula is C8H10BrNO3S2. The average Bonchev–Trinajstić information content (AvgIpc) is 2.50. The number of thiophene rings is 1. The molecular weight excluding hydrogens is 302 g/mol. The lowest BCUT2D eigenvalue weighted by atomic mass is 10.5. The van der Waals surface area contributed by atoms with Crippen LogP contribution in [0.25, 0.3) is 0 Å². The molecule has 1 amide bonds. The number of hydrogen-bond donors (Lipinski definition) is 1. The lowest BCUT2D eigenvalue weighted by molar-refractivity contribution is -0.117. The number of carbonyl (C=O) groups is 1. The van der Waals surface area contributed by atoms with Crippen LogP contribution in [-0.4, -0.2) is 19.6 Å². The summed E-state index contributed by atoms with van der Waals surface area (Å²) >= 11 is 4.56. The van der Waals surface area contributed by atoms with Crippen molar-refractivity contribution >= 4 is 43.0 Å². The topological polar surface area (TPSA) is 77.2 Å². The van der Waals surface area contributed by atoms with Gasteiger partial charge in [0.15, 0.2) is 9.84 Å². The molecule has 0 fully saturated rings. The van der Waals surface area contributed by atoms with Crippen molar-refractivity contribution in [1.29, 1.82) is 0 Å². The monoisotopic (exact) mass is 311 g/mol. The van der Waals surface area contributed by atoms with E-state index in [0.717, 1.165) is 4.47 Å². The average molecular weight is 312 g/mol. The van der Waals surface area contributed by atoms with E-state index in [4.69, 9.17) is 5.73 Å². The van der Waals surface area contributed by atoms with Gasteiger partial charge in [0.1, 0.15) is 5.25 Å². The second-order valence-electron chi connectivity index (χ2n) is 3.04. The van der Waals surface area contributed by atoms with Gasteiger partial charge in [0.05, 0.1) is 5.75 Å². The van der Waals surface area contributed by atoms with E-state index in [1.807, 2.05) is 0 Å². The molecule has 84 valence electrons. The van der Waals surface area contributed by atoms with E-state index in [1.54, 1.807) is 11.4 Å². The third-order valence-corrected chi connectivity index (χ3v) is 6.07. The Bertz CT molecular complexity index is 466. The van der Waals surface area contributed by atoms with Gasteiger partial charge in [0.25, 0.3) is 0 Å². The first kappa shape index (κ1) is 12.7. The molecule has 1 aromatic rings. The molecule has 0 saturated heterocycles. The fraction of sp³-hybridized carbons (Fsp3) is 0.375. The molecule has 15 heavy (non-hydrogen) atoms. The van der Waals surface area contributed by atoms with Crippen LogP contribution >= 0.6 is 27.3 Å². The summed E-state index contributed by atoms with van der Waals surface area (Å²) in [6.07, 6.45) is 0. The first-order valence-electron chi connectivity index (χ1n) is 4.07. The highest BCUT2D eigenvalue weighted by molar-refractivity contribution is 9.10. The van der Waals surface area contributed by atoms with E-state index in [0.29, 0.717) is 4.88 Å². The minimum Gasteiger partial charge on any atom is -0.369 e. The molecule has 1 atom stereocenters. The number of nitrogens with two attached hydrogens (primary N) is 1. The quantitative estimate of drug-likeness (QED) is 0.910. The van der Waals surface area contributed by atoms with Gasteiger partial charge in [0.2, 0.25) is 5.91 Å². The van der Waals surface area contributed by atoms with E-state index in [2.05, 4.69) is 15.9 Å². The highest BCUT2D eigenvalue weighted by Gasteiger charge is 2.27. The number of rotatable bonds is 4. The van der Waals surface area contributed by atoms with Gasteiger partial charge in [-0.05, 0) is 34.3 Å². The second kappa shape index (κ2) is 4.63. The number of sulfone groups is 1. The van der Waals surface area contributed by atoms with Crippen molar-refractivity contribution in [3.05, 3.63) is 20.8 Å². The lowest BCUT2D eigenvalue weighted by Crippen LogP contribution is -2.33. The summed E-state index contributed by atoms with van der Waals surface area (Å²) in [4.78, 5) is 11.5. The summed E-state index contributed by atoms with van der Waals surface area (Å²) in [7, 11) is -3.50. The maximum atomic E-state index is 11.7. The van der Waals surface area contributed by atoms with Crippen molar-refractivity contribution in [3.63, 3.8) is 0 Å². The molecule has 2 N–H and O–H groups in total. The normalized spacial score (nSPS) is 13.7. The van der Waals surface area contributed by atoms with Crippen molar-refractivity contribution < 1.29 is 13.2 Å². The number of hydrogen-bond acceptors (Lipinski definition) is 4. The molecule has 1 heterocycles. The van der Waals surface area contributed by atoms with Gasteiger partial charge >= 0.3 is 0 Å². The van der Waals surface area contributed by atoms with Gasteiger partial charge in [-0.25, -0.2) is 8.42 Å². The lowest BCUT2D eigenvalue weighted by Gasteiger charge is -2.08. The Balaban J connectivity index is 2.91.